The third-order valence-electron chi connectivity index (χ3n) is 14.4. The van der Waals surface area contributed by atoms with Gasteiger partial charge in [0.2, 0.25) is 0 Å². The highest BCUT2D eigenvalue weighted by atomic mass is 16.3. The Bertz CT molecular complexity index is 4640. The maximum absolute atomic E-state index is 7.00. The molecule has 0 N–H and O–H groups in total. The molecule has 0 spiro atoms. The van der Waals surface area contributed by atoms with E-state index in [2.05, 4.69) is 229 Å². The van der Waals surface area contributed by atoms with Crippen molar-refractivity contribution in [1.29, 1.82) is 0 Å². The third kappa shape index (κ3) is 5.95. The van der Waals surface area contributed by atoms with Crippen LogP contribution in [0.5, 0.6) is 0 Å². The van der Waals surface area contributed by atoms with Crippen molar-refractivity contribution in [2.75, 3.05) is 0 Å². The van der Waals surface area contributed by atoms with E-state index in [-0.39, 0.29) is 0 Å². The molecule has 0 bridgehead atoms. The van der Waals surface area contributed by atoms with Gasteiger partial charge in [-0.05, 0) is 96.0 Å². The van der Waals surface area contributed by atoms with E-state index in [1.165, 1.54) is 43.1 Å². The fourth-order valence-electron chi connectivity index (χ4n) is 11.0. The highest BCUT2D eigenvalue weighted by Gasteiger charge is 2.24. The molecule has 0 radical (unpaired) electrons. The van der Waals surface area contributed by atoms with E-state index in [9.17, 15) is 0 Å². The van der Waals surface area contributed by atoms with Gasteiger partial charge in [-0.15, -0.1) is 0 Å². The third-order valence-corrected chi connectivity index (χ3v) is 14.4. The number of hydrogen-bond acceptors (Lipinski definition) is 4. The molecule has 0 saturated heterocycles. The molecule has 3 aromatic heterocycles. The summed E-state index contributed by atoms with van der Waals surface area (Å²) in [6, 6.07) is 82.3. The van der Waals surface area contributed by atoms with Gasteiger partial charge < -0.3 is 8.98 Å². The topological polar surface area (TPSA) is 56.7 Å². The van der Waals surface area contributed by atoms with Crippen molar-refractivity contribution in [3.63, 3.8) is 0 Å². The molecule has 324 valence electrons. The predicted octanol–water partition coefficient (Wildman–Crippen LogP) is 17.3. The van der Waals surface area contributed by atoms with Crippen molar-refractivity contribution in [1.82, 2.24) is 19.5 Å². The smallest absolute Gasteiger partial charge is 0.166 e. The lowest BCUT2D eigenvalue weighted by Crippen LogP contribution is -2.04. The van der Waals surface area contributed by atoms with Crippen LogP contribution >= 0.6 is 0 Å². The highest BCUT2D eigenvalue weighted by molar-refractivity contribution is 6.24. The standard InChI is InChI=1S/C65H38N4O/c1-2-12-39(13-3-1)40-22-25-44(26-23-40)63-66-64(48-29-31-50-47(34-48)27-24-41-14-6-9-19-49(41)50)68-65(67-63)56-37-54-53-32-28-43-16-8-11-21-52(43)62(53)70-60(54)38-59(56)69-57-33-30-42-15-7-10-20-51(42)61(57)55-35-45-17-4-5-18-46(45)36-58(55)69/h1-38H. The van der Waals surface area contributed by atoms with Gasteiger partial charge in [-0.1, -0.05) is 188 Å². The summed E-state index contributed by atoms with van der Waals surface area (Å²) < 4.78 is 9.40. The van der Waals surface area contributed by atoms with E-state index in [0.29, 0.717) is 17.5 Å². The molecule has 0 saturated carbocycles. The Labute approximate surface area is 401 Å². The van der Waals surface area contributed by atoms with E-state index < -0.39 is 0 Å². The second-order valence-corrected chi connectivity index (χ2v) is 18.3. The Kier molecular flexibility index (Phi) is 8.29. The number of hydrogen-bond donors (Lipinski definition) is 0. The molecule has 0 amide bonds. The number of fused-ring (bicyclic) bond motifs is 14. The molecule has 5 heteroatoms. The number of rotatable bonds is 5. The van der Waals surface area contributed by atoms with E-state index in [1.807, 2.05) is 6.07 Å². The van der Waals surface area contributed by atoms with Gasteiger partial charge in [0.1, 0.15) is 11.2 Å². The van der Waals surface area contributed by atoms with Crippen LogP contribution in [0.4, 0.5) is 0 Å². The van der Waals surface area contributed by atoms with E-state index in [1.54, 1.807) is 0 Å². The maximum Gasteiger partial charge on any atom is 0.166 e. The van der Waals surface area contributed by atoms with E-state index >= 15 is 0 Å². The van der Waals surface area contributed by atoms with Gasteiger partial charge in [0.25, 0.3) is 0 Å². The molecule has 0 aliphatic carbocycles. The summed E-state index contributed by atoms with van der Waals surface area (Å²) in [4.78, 5) is 16.3. The van der Waals surface area contributed by atoms with Gasteiger partial charge in [-0.3, -0.25) is 0 Å². The SMILES string of the molecule is c1ccc(-c2ccc(-c3nc(-c4ccc5c(ccc6ccccc65)c4)nc(-c4cc5c(cc4-n4c6cc7ccccc7cc6c6c7ccccc7ccc64)oc4c6ccccc6ccc54)n3)cc2)cc1. The Morgan fingerprint density at radius 3 is 1.64 bits per heavy atom. The van der Waals surface area contributed by atoms with Crippen LogP contribution in [0.15, 0.2) is 235 Å². The lowest BCUT2D eigenvalue weighted by molar-refractivity contribution is 0.672. The summed E-state index contributed by atoms with van der Waals surface area (Å²) in [6.45, 7) is 0. The van der Waals surface area contributed by atoms with E-state index in [4.69, 9.17) is 19.4 Å². The molecule has 0 unspecified atom stereocenters. The van der Waals surface area contributed by atoms with Crippen LogP contribution in [0.2, 0.25) is 0 Å². The van der Waals surface area contributed by atoms with Crippen molar-refractivity contribution in [3.8, 4) is 51.0 Å². The summed E-state index contributed by atoms with van der Waals surface area (Å²) in [5.74, 6) is 1.75. The first kappa shape index (κ1) is 38.6. The van der Waals surface area contributed by atoms with Crippen molar-refractivity contribution in [2.24, 2.45) is 0 Å². The van der Waals surface area contributed by atoms with Crippen LogP contribution in [-0.2, 0) is 0 Å². The average molecular weight is 891 g/mol. The molecule has 5 nitrogen and oxygen atoms in total. The Hall–Kier alpha value is -9.45. The summed E-state index contributed by atoms with van der Waals surface area (Å²) >= 11 is 0. The number of benzene rings is 12. The largest absolute Gasteiger partial charge is 0.455 e. The van der Waals surface area contributed by atoms with Crippen LogP contribution in [0.3, 0.4) is 0 Å². The van der Waals surface area contributed by atoms with Crippen molar-refractivity contribution < 1.29 is 4.42 Å². The second-order valence-electron chi connectivity index (χ2n) is 18.3. The van der Waals surface area contributed by atoms with Gasteiger partial charge in [0, 0.05) is 49.7 Å². The van der Waals surface area contributed by atoms with Crippen LogP contribution in [0.25, 0.3) is 149 Å². The van der Waals surface area contributed by atoms with Gasteiger partial charge in [-0.2, -0.15) is 0 Å². The number of aromatic nitrogens is 4. The first-order valence-corrected chi connectivity index (χ1v) is 23.7. The first-order chi connectivity index (χ1) is 34.7. The molecule has 0 fully saturated rings. The fourth-order valence-corrected chi connectivity index (χ4v) is 11.0. The zero-order valence-corrected chi connectivity index (χ0v) is 37.6. The molecule has 0 aliphatic rings. The quantitative estimate of drug-likeness (QED) is 0.162. The Morgan fingerprint density at radius 1 is 0.300 bits per heavy atom. The first-order valence-electron chi connectivity index (χ1n) is 23.7. The van der Waals surface area contributed by atoms with Crippen molar-refractivity contribution in [3.05, 3.63) is 231 Å². The van der Waals surface area contributed by atoms with Crippen molar-refractivity contribution in [2.45, 2.75) is 0 Å². The molecule has 3 heterocycles. The van der Waals surface area contributed by atoms with Gasteiger partial charge in [0.05, 0.1) is 16.7 Å². The predicted molar refractivity (Wildman–Crippen MR) is 291 cm³/mol. The zero-order valence-electron chi connectivity index (χ0n) is 37.6. The monoisotopic (exact) mass is 890 g/mol. The molecular formula is C65H38N4O. The van der Waals surface area contributed by atoms with Crippen LogP contribution in [0.1, 0.15) is 0 Å². The minimum atomic E-state index is 0.564. The van der Waals surface area contributed by atoms with Crippen LogP contribution in [0, 0.1) is 0 Å². The molecule has 70 heavy (non-hydrogen) atoms. The number of nitrogens with zero attached hydrogens (tertiary/aromatic N) is 4. The van der Waals surface area contributed by atoms with E-state index in [0.717, 1.165) is 88.0 Å². The van der Waals surface area contributed by atoms with Gasteiger partial charge in [0.15, 0.2) is 17.5 Å². The van der Waals surface area contributed by atoms with Gasteiger partial charge in [-0.25, -0.2) is 15.0 Å². The van der Waals surface area contributed by atoms with Crippen LogP contribution in [-0.4, -0.2) is 19.5 Å². The van der Waals surface area contributed by atoms with Crippen LogP contribution < -0.4 is 0 Å². The molecule has 0 aliphatic heterocycles. The summed E-state index contributed by atoms with van der Waals surface area (Å²) in [5, 5.41) is 16.1. The van der Waals surface area contributed by atoms with Crippen molar-refractivity contribution >= 4 is 97.6 Å². The minimum absolute atomic E-state index is 0.564. The minimum Gasteiger partial charge on any atom is -0.455 e. The summed E-state index contributed by atoms with van der Waals surface area (Å²) in [6.07, 6.45) is 0. The van der Waals surface area contributed by atoms with Gasteiger partial charge >= 0.3 is 0 Å². The zero-order chi connectivity index (χ0) is 45.9. The molecule has 12 aromatic carbocycles. The molecule has 0 atom stereocenters. The molecule has 15 aromatic rings. The Morgan fingerprint density at radius 2 is 0.843 bits per heavy atom. The maximum atomic E-state index is 7.00. The normalized spacial score (nSPS) is 12.0. The highest BCUT2D eigenvalue weighted by Crippen LogP contribution is 2.44. The lowest BCUT2D eigenvalue weighted by Gasteiger charge is -2.16. The lowest BCUT2D eigenvalue weighted by atomic mass is 10.00. The fraction of sp³-hybridized carbons (Fsp3) is 0. The molecule has 15 rings (SSSR count). The molecular weight excluding hydrogens is 853 g/mol. The number of furan rings is 1. The second kappa shape index (κ2) is 15.0. The summed E-state index contributed by atoms with van der Waals surface area (Å²) in [5.41, 5.74) is 9.66. The summed E-state index contributed by atoms with van der Waals surface area (Å²) in [7, 11) is 0. The Balaban J connectivity index is 1.05. The average Bonchev–Trinajstić information content (AvgIpc) is 3.97.